The molecule has 7 nitrogen and oxygen atoms in total. The first-order chi connectivity index (χ1) is 13.9. The number of aryl methyl sites for hydroxylation is 1. The number of ether oxygens (including phenoxy) is 4. The Bertz CT molecular complexity index is 913. The Morgan fingerprint density at radius 1 is 0.931 bits per heavy atom. The van der Waals surface area contributed by atoms with Crippen LogP contribution >= 0.6 is 0 Å². The van der Waals surface area contributed by atoms with Crippen molar-refractivity contribution < 1.29 is 33.3 Å². The van der Waals surface area contributed by atoms with E-state index >= 15 is 0 Å². The number of benzene rings is 2. The molecular formula is C22H20O7. The van der Waals surface area contributed by atoms with Crippen LogP contribution in [0, 0.1) is 6.92 Å². The minimum absolute atomic E-state index is 0.101. The Morgan fingerprint density at radius 3 is 2.21 bits per heavy atom. The standard InChI is InChI=1S/C22H20O7/c1-4-20(23)26-13-16-6-11-19(15(3)12-16)29-22(25)17-7-9-18(10-8-17)27-14-28-21(24)5-2/h4-12H,1-2,13-14H2,3H3. The number of hydrogen-bond acceptors (Lipinski definition) is 7. The highest BCUT2D eigenvalue weighted by Crippen LogP contribution is 2.22. The largest absolute Gasteiger partial charge is 0.458 e. The molecule has 0 aliphatic rings. The van der Waals surface area contributed by atoms with Crippen molar-refractivity contribution in [2.75, 3.05) is 6.79 Å². The van der Waals surface area contributed by atoms with E-state index in [1.54, 1.807) is 37.3 Å². The summed E-state index contributed by atoms with van der Waals surface area (Å²) in [5, 5.41) is 0. The van der Waals surface area contributed by atoms with Crippen LogP contribution in [0.3, 0.4) is 0 Å². The normalized spacial score (nSPS) is 9.83. The van der Waals surface area contributed by atoms with Gasteiger partial charge >= 0.3 is 17.9 Å². The fraction of sp³-hybridized carbons (Fsp3) is 0.136. The summed E-state index contributed by atoms with van der Waals surface area (Å²) in [5.41, 5.74) is 1.80. The van der Waals surface area contributed by atoms with E-state index < -0.39 is 17.9 Å². The SMILES string of the molecule is C=CC(=O)OCOc1ccc(C(=O)Oc2ccc(COC(=O)C=C)cc2C)cc1. The van der Waals surface area contributed by atoms with Gasteiger partial charge in [-0.2, -0.15) is 0 Å². The van der Waals surface area contributed by atoms with Crippen LogP contribution in [0.5, 0.6) is 11.5 Å². The van der Waals surface area contributed by atoms with Crippen molar-refractivity contribution in [2.24, 2.45) is 0 Å². The molecule has 0 N–H and O–H groups in total. The summed E-state index contributed by atoms with van der Waals surface area (Å²) in [6, 6.07) is 11.3. The third-order valence-corrected chi connectivity index (χ3v) is 3.67. The molecule has 0 heterocycles. The summed E-state index contributed by atoms with van der Waals surface area (Å²) >= 11 is 0. The fourth-order valence-electron chi connectivity index (χ4n) is 2.19. The maximum atomic E-state index is 12.3. The van der Waals surface area contributed by atoms with Crippen LogP contribution in [0.15, 0.2) is 67.8 Å². The van der Waals surface area contributed by atoms with Gasteiger partial charge in [-0.1, -0.05) is 19.2 Å². The molecule has 7 heteroatoms. The quantitative estimate of drug-likeness (QED) is 0.277. The Labute approximate surface area is 168 Å². The smallest absolute Gasteiger partial charge is 0.343 e. The van der Waals surface area contributed by atoms with Crippen LogP contribution in [0.2, 0.25) is 0 Å². The summed E-state index contributed by atoms with van der Waals surface area (Å²) in [4.78, 5) is 34.4. The number of hydrogen-bond donors (Lipinski definition) is 0. The summed E-state index contributed by atoms with van der Waals surface area (Å²) in [6.45, 7) is 8.23. The zero-order valence-corrected chi connectivity index (χ0v) is 15.9. The maximum absolute atomic E-state index is 12.3. The highest BCUT2D eigenvalue weighted by atomic mass is 16.7. The lowest BCUT2D eigenvalue weighted by molar-refractivity contribution is -0.144. The number of carbonyl (C=O) groups excluding carboxylic acids is 3. The van der Waals surface area contributed by atoms with Crippen molar-refractivity contribution in [3.63, 3.8) is 0 Å². The number of rotatable bonds is 9. The molecule has 0 bridgehead atoms. The number of carbonyl (C=O) groups is 3. The van der Waals surface area contributed by atoms with E-state index in [-0.39, 0.29) is 13.4 Å². The lowest BCUT2D eigenvalue weighted by atomic mass is 10.1. The number of esters is 3. The third-order valence-electron chi connectivity index (χ3n) is 3.67. The van der Waals surface area contributed by atoms with Gasteiger partial charge < -0.3 is 18.9 Å². The zero-order valence-electron chi connectivity index (χ0n) is 15.9. The monoisotopic (exact) mass is 396 g/mol. The molecule has 0 aromatic heterocycles. The minimum Gasteiger partial charge on any atom is -0.458 e. The second kappa shape index (κ2) is 10.5. The Morgan fingerprint density at radius 2 is 1.59 bits per heavy atom. The van der Waals surface area contributed by atoms with E-state index in [2.05, 4.69) is 13.2 Å². The van der Waals surface area contributed by atoms with E-state index in [1.165, 1.54) is 12.1 Å². The van der Waals surface area contributed by atoms with Gasteiger partial charge in [0, 0.05) is 12.2 Å². The predicted molar refractivity (Wildman–Crippen MR) is 104 cm³/mol. The molecule has 150 valence electrons. The van der Waals surface area contributed by atoms with Gasteiger partial charge in [-0.25, -0.2) is 14.4 Å². The van der Waals surface area contributed by atoms with Gasteiger partial charge in [0.1, 0.15) is 18.1 Å². The molecule has 0 aliphatic heterocycles. The van der Waals surface area contributed by atoms with Crippen molar-refractivity contribution in [2.45, 2.75) is 13.5 Å². The van der Waals surface area contributed by atoms with E-state index in [9.17, 15) is 14.4 Å². The second-order valence-electron chi connectivity index (χ2n) is 5.76. The molecule has 2 aromatic carbocycles. The molecule has 0 saturated carbocycles. The first-order valence-corrected chi connectivity index (χ1v) is 8.56. The van der Waals surface area contributed by atoms with E-state index in [0.29, 0.717) is 17.1 Å². The zero-order chi connectivity index (χ0) is 21.2. The Hall–Kier alpha value is -3.87. The summed E-state index contributed by atoms with van der Waals surface area (Å²) in [5.74, 6) is -0.822. The molecule has 2 aromatic rings. The highest BCUT2D eigenvalue weighted by molar-refractivity contribution is 5.91. The van der Waals surface area contributed by atoms with Gasteiger partial charge in [0.05, 0.1) is 5.56 Å². The van der Waals surface area contributed by atoms with Crippen LogP contribution in [0.25, 0.3) is 0 Å². The van der Waals surface area contributed by atoms with Crippen LogP contribution in [-0.2, 0) is 25.7 Å². The van der Waals surface area contributed by atoms with E-state index in [0.717, 1.165) is 23.3 Å². The van der Waals surface area contributed by atoms with Crippen molar-refractivity contribution in [3.8, 4) is 11.5 Å². The first-order valence-electron chi connectivity index (χ1n) is 8.56. The molecule has 0 saturated heterocycles. The molecule has 0 radical (unpaired) electrons. The van der Waals surface area contributed by atoms with E-state index in [1.807, 2.05) is 0 Å². The van der Waals surface area contributed by atoms with E-state index in [4.69, 9.17) is 18.9 Å². The fourth-order valence-corrected chi connectivity index (χ4v) is 2.19. The van der Waals surface area contributed by atoms with Crippen molar-refractivity contribution >= 4 is 17.9 Å². The van der Waals surface area contributed by atoms with Crippen LogP contribution in [-0.4, -0.2) is 24.7 Å². The topological polar surface area (TPSA) is 88.1 Å². The predicted octanol–water partition coefficient (Wildman–Crippen LogP) is 3.51. The molecular weight excluding hydrogens is 376 g/mol. The van der Waals surface area contributed by atoms with Gasteiger partial charge in [0.15, 0.2) is 0 Å². The molecule has 0 atom stereocenters. The van der Waals surface area contributed by atoms with Crippen LogP contribution in [0.1, 0.15) is 21.5 Å². The van der Waals surface area contributed by atoms with Gasteiger partial charge in [-0.3, -0.25) is 0 Å². The van der Waals surface area contributed by atoms with Gasteiger partial charge in [0.25, 0.3) is 0 Å². The van der Waals surface area contributed by atoms with Crippen molar-refractivity contribution in [1.82, 2.24) is 0 Å². The molecule has 0 spiro atoms. The van der Waals surface area contributed by atoms with Crippen molar-refractivity contribution in [3.05, 3.63) is 84.5 Å². The summed E-state index contributed by atoms with van der Waals surface area (Å²) in [6.07, 6.45) is 2.12. The molecule has 2 rings (SSSR count). The molecule has 0 fully saturated rings. The average Bonchev–Trinajstić information content (AvgIpc) is 2.73. The molecule has 0 unspecified atom stereocenters. The lowest BCUT2D eigenvalue weighted by Gasteiger charge is -2.10. The first kappa shape index (κ1) is 21.4. The van der Waals surface area contributed by atoms with Gasteiger partial charge in [-0.15, -0.1) is 0 Å². The molecule has 29 heavy (non-hydrogen) atoms. The average molecular weight is 396 g/mol. The van der Waals surface area contributed by atoms with Crippen molar-refractivity contribution in [1.29, 1.82) is 0 Å². The summed E-state index contributed by atoms with van der Waals surface area (Å²) < 4.78 is 20.3. The highest BCUT2D eigenvalue weighted by Gasteiger charge is 2.11. The lowest BCUT2D eigenvalue weighted by Crippen LogP contribution is -2.10. The molecule has 0 aliphatic carbocycles. The summed E-state index contributed by atoms with van der Waals surface area (Å²) in [7, 11) is 0. The minimum atomic E-state index is -0.592. The third kappa shape index (κ3) is 6.66. The Balaban J connectivity index is 1.93. The van der Waals surface area contributed by atoms with Gasteiger partial charge in [0.2, 0.25) is 6.79 Å². The van der Waals surface area contributed by atoms with Crippen LogP contribution < -0.4 is 9.47 Å². The Kier molecular flexibility index (Phi) is 7.73. The maximum Gasteiger partial charge on any atom is 0.343 e. The van der Waals surface area contributed by atoms with Crippen LogP contribution in [0.4, 0.5) is 0 Å². The molecule has 0 amide bonds. The van der Waals surface area contributed by atoms with Gasteiger partial charge in [-0.05, 0) is 54.4 Å². The second-order valence-corrected chi connectivity index (χ2v) is 5.76.